The van der Waals surface area contributed by atoms with Crippen LogP contribution < -0.4 is 4.90 Å². The fourth-order valence-electron chi connectivity index (χ4n) is 2.36. The lowest BCUT2D eigenvalue weighted by Gasteiger charge is -2.18. The van der Waals surface area contributed by atoms with Gasteiger partial charge in [0.25, 0.3) is 5.69 Å². The van der Waals surface area contributed by atoms with Crippen LogP contribution in [0.2, 0.25) is 0 Å². The largest absolute Gasteiger partial charge is 0.312 e. The summed E-state index contributed by atoms with van der Waals surface area (Å²) in [4.78, 5) is 35.1. The van der Waals surface area contributed by atoms with Crippen LogP contribution in [-0.2, 0) is 9.59 Å². The van der Waals surface area contributed by atoms with Crippen LogP contribution in [0, 0.1) is 23.0 Å². The first kappa shape index (κ1) is 15.5. The van der Waals surface area contributed by atoms with Gasteiger partial charge in [0.05, 0.1) is 10.6 Å². The SMILES string of the molecule is CC(=O)SCC1CC(=O)N(c2cc([N+](=O)[O-])ccc2C)C1. The quantitative estimate of drug-likeness (QED) is 0.630. The molecule has 1 saturated heterocycles. The van der Waals surface area contributed by atoms with Gasteiger partial charge < -0.3 is 4.90 Å². The highest BCUT2D eigenvalue weighted by atomic mass is 32.2. The Hall–Kier alpha value is -1.89. The Labute approximate surface area is 126 Å². The van der Waals surface area contributed by atoms with Gasteiger partial charge in [0.1, 0.15) is 0 Å². The van der Waals surface area contributed by atoms with Gasteiger partial charge in [-0.1, -0.05) is 17.8 Å². The molecule has 0 aliphatic carbocycles. The minimum absolute atomic E-state index is 0.0232. The average molecular weight is 308 g/mol. The number of thioether (sulfide) groups is 1. The molecule has 0 saturated carbocycles. The van der Waals surface area contributed by atoms with Gasteiger partial charge in [0.15, 0.2) is 5.12 Å². The normalized spacial score (nSPS) is 18.1. The molecular formula is C14H16N2O4S. The van der Waals surface area contributed by atoms with Gasteiger partial charge in [-0.25, -0.2) is 0 Å². The summed E-state index contributed by atoms with van der Waals surface area (Å²) in [6.07, 6.45) is 0.377. The number of nitro groups is 1. The minimum Gasteiger partial charge on any atom is -0.312 e. The lowest BCUT2D eigenvalue weighted by molar-refractivity contribution is -0.384. The number of carbonyl (C=O) groups excluding carboxylic acids is 2. The number of aryl methyl sites for hydroxylation is 1. The van der Waals surface area contributed by atoms with Crippen molar-refractivity contribution in [2.24, 2.45) is 5.92 Å². The van der Waals surface area contributed by atoms with E-state index in [9.17, 15) is 19.7 Å². The molecule has 0 spiro atoms. The summed E-state index contributed by atoms with van der Waals surface area (Å²) in [5, 5.41) is 10.9. The molecule has 6 nitrogen and oxygen atoms in total. The number of benzene rings is 1. The van der Waals surface area contributed by atoms with Crippen molar-refractivity contribution in [3.8, 4) is 0 Å². The molecule has 21 heavy (non-hydrogen) atoms. The van der Waals surface area contributed by atoms with Crippen LogP contribution >= 0.6 is 11.8 Å². The monoisotopic (exact) mass is 308 g/mol. The fourth-order valence-corrected chi connectivity index (χ4v) is 3.06. The number of non-ortho nitro benzene ring substituents is 1. The Morgan fingerprint density at radius 2 is 2.24 bits per heavy atom. The maximum atomic E-state index is 12.1. The molecule has 0 N–H and O–H groups in total. The predicted molar refractivity (Wildman–Crippen MR) is 81.4 cm³/mol. The van der Waals surface area contributed by atoms with Gasteiger partial charge in [-0.05, 0) is 18.4 Å². The summed E-state index contributed by atoms with van der Waals surface area (Å²) >= 11 is 1.21. The molecule has 1 aliphatic heterocycles. The van der Waals surface area contributed by atoms with E-state index in [0.29, 0.717) is 24.4 Å². The van der Waals surface area contributed by atoms with Gasteiger partial charge in [-0.3, -0.25) is 19.7 Å². The third-order valence-electron chi connectivity index (χ3n) is 3.42. The van der Waals surface area contributed by atoms with Crippen molar-refractivity contribution in [1.82, 2.24) is 0 Å². The van der Waals surface area contributed by atoms with Crippen LogP contribution in [0.25, 0.3) is 0 Å². The zero-order chi connectivity index (χ0) is 15.6. The van der Waals surface area contributed by atoms with Crippen molar-refractivity contribution in [2.75, 3.05) is 17.2 Å². The van der Waals surface area contributed by atoms with E-state index in [0.717, 1.165) is 5.56 Å². The van der Waals surface area contributed by atoms with E-state index < -0.39 is 4.92 Å². The Bertz CT molecular complexity index is 603. The summed E-state index contributed by atoms with van der Waals surface area (Å²) in [6.45, 7) is 3.83. The standard InChI is InChI=1S/C14H16N2O4S/c1-9-3-4-12(16(19)20)6-13(9)15-7-11(5-14(15)18)8-21-10(2)17/h3-4,6,11H,5,7-8H2,1-2H3. The lowest BCUT2D eigenvalue weighted by atomic mass is 10.1. The molecule has 1 fully saturated rings. The molecule has 0 bridgehead atoms. The molecule has 1 aliphatic rings. The first-order valence-corrected chi connectivity index (χ1v) is 7.56. The first-order valence-electron chi connectivity index (χ1n) is 6.57. The number of amides is 1. The third-order valence-corrected chi connectivity index (χ3v) is 4.47. The number of hydrogen-bond donors (Lipinski definition) is 0. The summed E-state index contributed by atoms with van der Waals surface area (Å²) in [5.41, 5.74) is 1.39. The van der Waals surface area contributed by atoms with E-state index in [1.807, 2.05) is 6.92 Å². The Morgan fingerprint density at radius 3 is 2.86 bits per heavy atom. The topological polar surface area (TPSA) is 80.5 Å². The number of hydrogen-bond acceptors (Lipinski definition) is 5. The summed E-state index contributed by atoms with van der Waals surface area (Å²) in [7, 11) is 0. The van der Waals surface area contributed by atoms with E-state index in [2.05, 4.69) is 0 Å². The van der Waals surface area contributed by atoms with E-state index in [1.165, 1.54) is 30.8 Å². The van der Waals surface area contributed by atoms with E-state index in [1.54, 1.807) is 11.0 Å². The molecule has 1 aromatic carbocycles. The number of nitrogens with zero attached hydrogens (tertiary/aromatic N) is 2. The fraction of sp³-hybridized carbons (Fsp3) is 0.429. The van der Waals surface area contributed by atoms with Gasteiger partial charge in [-0.2, -0.15) is 0 Å². The van der Waals surface area contributed by atoms with Crippen LogP contribution in [-0.4, -0.2) is 28.2 Å². The Morgan fingerprint density at radius 1 is 1.52 bits per heavy atom. The molecule has 1 amide bonds. The minimum atomic E-state index is -0.466. The van der Waals surface area contributed by atoms with Gasteiger partial charge in [0, 0.05) is 37.8 Å². The highest BCUT2D eigenvalue weighted by Crippen LogP contribution is 2.32. The average Bonchev–Trinajstić information content (AvgIpc) is 2.78. The highest BCUT2D eigenvalue weighted by molar-refractivity contribution is 8.13. The second kappa shape index (κ2) is 6.26. The number of carbonyl (C=O) groups is 2. The van der Waals surface area contributed by atoms with Crippen molar-refractivity contribution >= 4 is 34.2 Å². The molecule has 1 atom stereocenters. The maximum Gasteiger partial charge on any atom is 0.271 e. The van der Waals surface area contributed by atoms with Crippen molar-refractivity contribution in [3.63, 3.8) is 0 Å². The third kappa shape index (κ3) is 3.60. The zero-order valence-corrected chi connectivity index (χ0v) is 12.7. The second-order valence-corrected chi connectivity index (χ2v) is 6.30. The Kier molecular flexibility index (Phi) is 4.62. The van der Waals surface area contributed by atoms with Gasteiger partial charge in [0.2, 0.25) is 5.91 Å². The van der Waals surface area contributed by atoms with Gasteiger partial charge in [-0.15, -0.1) is 0 Å². The van der Waals surface area contributed by atoms with Crippen molar-refractivity contribution in [3.05, 3.63) is 33.9 Å². The first-order chi connectivity index (χ1) is 9.88. The van der Waals surface area contributed by atoms with E-state index >= 15 is 0 Å². The molecule has 1 aromatic rings. The maximum absolute atomic E-state index is 12.1. The zero-order valence-electron chi connectivity index (χ0n) is 11.9. The Balaban J connectivity index is 2.18. The molecule has 112 valence electrons. The summed E-state index contributed by atoms with van der Waals surface area (Å²) in [5.74, 6) is 0.656. The van der Waals surface area contributed by atoms with E-state index in [4.69, 9.17) is 0 Å². The lowest BCUT2D eigenvalue weighted by Crippen LogP contribution is -2.25. The summed E-state index contributed by atoms with van der Waals surface area (Å²) < 4.78 is 0. The summed E-state index contributed by atoms with van der Waals surface area (Å²) in [6, 6.07) is 4.52. The smallest absolute Gasteiger partial charge is 0.271 e. The predicted octanol–water partition coefficient (Wildman–Crippen LogP) is 2.54. The van der Waals surface area contributed by atoms with Crippen molar-refractivity contribution in [1.29, 1.82) is 0 Å². The number of anilines is 1. The number of rotatable bonds is 4. The van der Waals surface area contributed by atoms with E-state index in [-0.39, 0.29) is 22.6 Å². The second-order valence-electron chi connectivity index (χ2n) is 5.10. The van der Waals surface area contributed by atoms with Gasteiger partial charge >= 0.3 is 0 Å². The van der Waals surface area contributed by atoms with Crippen LogP contribution in [0.15, 0.2) is 18.2 Å². The molecule has 1 heterocycles. The molecule has 1 unspecified atom stereocenters. The molecule has 2 rings (SSSR count). The van der Waals surface area contributed by atoms with Crippen molar-refractivity contribution in [2.45, 2.75) is 20.3 Å². The molecule has 0 aromatic heterocycles. The van der Waals surface area contributed by atoms with Crippen LogP contribution in [0.3, 0.4) is 0 Å². The highest BCUT2D eigenvalue weighted by Gasteiger charge is 2.32. The number of nitro benzene ring substituents is 1. The molecule has 0 radical (unpaired) electrons. The van der Waals surface area contributed by atoms with Crippen LogP contribution in [0.5, 0.6) is 0 Å². The van der Waals surface area contributed by atoms with Crippen LogP contribution in [0.4, 0.5) is 11.4 Å². The van der Waals surface area contributed by atoms with Crippen molar-refractivity contribution < 1.29 is 14.5 Å². The van der Waals surface area contributed by atoms with Crippen LogP contribution in [0.1, 0.15) is 18.9 Å². The molecular weight excluding hydrogens is 292 g/mol. The molecule has 7 heteroatoms.